The highest BCUT2D eigenvalue weighted by Gasteiger charge is 2.35. The van der Waals surface area contributed by atoms with Crippen molar-refractivity contribution in [2.75, 3.05) is 0 Å². The molecule has 0 atom stereocenters. The SMILES string of the molecule is CC(C)CCCCCCCC1(C)CC1. The van der Waals surface area contributed by atoms with E-state index in [1.165, 1.54) is 57.8 Å². The van der Waals surface area contributed by atoms with Gasteiger partial charge < -0.3 is 0 Å². The molecule has 0 spiro atoms. The maximum atomic E-state index is 2.45. The van der Waals surface area contributed by atoms with E-state index >= 15 is 0 Å². The molecule has 0 aliphatic heterocycles. The zero-order chi connectivity index (χ0) is 10.4. The summed E-state index contributed by atoms with van der Waals surface area (Å²) in [6, 6.07) is 0. The van der Waals surface area contributed by atoms with Gasteiger partial charge in [0.2, 0.25) is 0 Å². The minimum absolute atomic E-state index is 0.790. The van der Waals surface area contributed by atoms with Crippen LogP contribution in [0.2, 0.25) is 0 Å². The standard InChI is InChI=1S/C14H28/c1-13(2)9-7-5-4-6-8-10-14(3)11-12-14/h13H,4-12H2,1-3H3. The molecule has 1 fully saturated rings. The van der Waals surface area contributed by atoms with Crippen LogP contribution in [0, 0.1) is 11.3 Å². The van der Waals surface area contributed by atoms with Crippen LogP contribution in [0.4, 0.5) is 0 Å². The normalized spacial score (nSPS) is 18.9. The second-order valence-corrected chi connectivity index (χ2v) is 6.01. The van der Waals surface area contributed by atoms with E-state index in [-0.39, 0.29) is 0 Å². The molecule has 1 saturated carbocycles. The Morgan fingerprint density at radius 1 is 0.929 bits per heavy atom. The summed E-state index contributed by atoms with van der Waals surface area (Å²) in [5.74, 6) is 0.903. The monoisotopic (exact) mass is 196 g/mol. The van der Waals surface area contributed by atoms with Crippen LogP contribution >= 0.6 is 0 Å². The van der Waals surface area contributed by atoms with Gasteiger partial charge in [0.25, 0.3) is 0 Å². The number of rotatable bonds is 8. The Balaban J connectivity index is 1.76. The van der Waals surface area contributed by atoms with Gasteiger partial charge in [0.15, 0.2) is 0 Å². The van der Waals surface area contributed by atoms with E-state index in [0.717, 1.165) is 11.3 Å². The predicted octanol–water partition coefficient (Wildman–Crippen LogP) is 5.17. The Morgan fingerprint density at radius 3 is 2.07 bits per heavy atom. The highest BCUT2D eigenvalue weighted by molar-refractivity contribution is 4.87. The van der Waals surface area contributed by atoms with Crippen LogP contribution in [0.25, 0.3) is 0 Å². The summed E-state index contributed by atoms with van der Waals surface area (Å²) in [7, 11) is 0. The molecule has 0 aromatic heterocycles. The molecule has 0 bridgehead atoms. The minimum atomic E-state index is 0.790. The van der Waals surface area contributed by atoms with Crippen molar-refractivity contribution in [3.63, 3.8) is 0 Å². The molecule has 1 rings (SSSR count). The molecule has 0 amide bonds. The first kappa shape index (κ1) is 12.1. The van der Waals surface area contributed by atoms with E-state index in [1.807, 2.05) is 0 Å². The summed E-state index contributed by atoms with van der Waals surface area (Å²) in [4.78, 5) is 0. The lowest BCUT2D eigenvalue weighted by Gasteiger charge is -2.07. The highest BCUT2D eigenvalue weighted by atomic mass is 14.4. The van der Waals surface area contributed by atoms with Crippen LogP contribution in [-0.4, -0.2) is 0 Å². The molecule has 0 nitrogen and oxygen atoms in total. The fourth-order valence-corrected chi connectivity index (χ4v) is 2.10. The summed E-state index contributed by atoms with van der Waals surface area (Å²) in [6.07, 6.45) is 13.3. The molecule has 0 saturated heterocycles. The van der Waals surface area contributed by atoms with Gasteiger partial charge in [-0.1, -0.05) is 59.3 Å². The third kappa shape index (κ3) is 5.67. The zero-order valence-corrected chi connectivity index (χ0v) is 10.4. The van der Waals surface area contributed by atoms with Crippen molar-refractivity contribution in [2.24, 2.45) is 11.3 Å². The predicted molar refractivity (Wildman–Crippen MR) is 64.5 cm³/mol. The molecular formula is C14H28. The Kier molecular flexibility index (Phi) is 4.98. The average molecular weight is 196 g/mol. The lowest BCUT2D eigenvalue weighted by molar-refractivity contribution is 0.460. The smallest absolute Gasteiger partial charge is 0.0325 e. The maximum Gasteiger partial charge on any atom is -0.0325 e. The molecule has 0 aromatic carbocycles. The van der Waals surface area contributed by atoms with Gasteiger partial charge >= 0.3 is 0 Å². The molecule has 14 heavy (non-hydrogen) atoms. The van der Waals surface area contributed by atoms with Gasteiger partial charge in [0.05, 0.1) is 0 Å². The molecule has 1 aliphatic carbocycles. The second-order valence-electron chi connectivity index (χ2n) is 6.01. The van der Waals surface area contributed by atoms with Crippen LogP contribution < -0.4 is 0 Å². The fraction of sp³-hybridized carbons (Fsp3) is 1.00. The van der Waals surface area contributed by atoms with E-state index in [1.54, 1.807) is 0 Å². The van der Waals surface area contributed by atoms with Crippen LogP contribution in [-0.2, 0) is 0 Å². The Morgan fingerprint density at radius 2 is 1.50 bits per heavy atom. The molecule has 0 aromatic rings. The first-order valence-electron chi connectivity index (χ1n) is 6.62. The maximum absolute atomic E-state index is 2.45. The minimum Gasteiger partial charge on any atom is -0.0628 e. The van der Waals surface area contributed by atoms with E-state index in [9.17, 15) is 0 Å². The third-order valence-corrected chi connectivity index (χ3v) is 3.67. The van der Waals surface area contributed by atoms with Crippen molar-refractivity contribution in [3.05, 3.63) is 0 Å². The number of unbranched alkanes of at least 4 members (excludes halogenated alkanes) is 4. The number of hydrogen-bond acceptors (Lipinski definition) is 0. The average Bonchev–Trinajstić information content (AvgIpc) is 2.82. The van der Waals surface area contributed by atoms with Gasteiger partial charge in [-0.25, -0.2) is 0 Å². The lowest BCUT2D eigenvalue weighted by atomic mass is 9.99. The van der Waals surface area contributed by atoms with E-state index in [4.69, 9.17) is 0 Å². The first-order chi connectivity index (χ1) is 6.62. The van der Waals surface area contributed by atoms with Gasteiger partial charge in [-0.3, -0.25) is 0 Å². The van der Waals surface area contributed by atoms with Crippen molar-refractivity contribution in [1.29, 1.82) is 0 Å². The molecule has 0 radical (unpaired) electrons. The Hall–Kier alpha value is 0. The summed E-state index contributed by atoms with van der Waals surface area (Å²) < 4.78 is 0. The molecule has 1 aliphatic rings. The molecule has 0 unspecified atom stereocenters. The van der Waals surface area contributed by atoms with Crippen molar-refractivity contribution < 1.29 is 0 Å². The van der Waals surface area contributed by atoms with E-state index < -0.39 is 0 Å². The van der Waals surface area contributed by atoms with Crippen LogP contribution in [0.1, 0.15) is 78.6 Å². The van der Waals surface area contributed by atoms with Gasteiger partial charge in [0.1, 0.15) is 0 Å². The van der Waals surface area contributed by atoms with Gasteiger partial charge in [0, 0.05) is 0 Å². The van der Waals surface area contributed by atoms with Gasteiger partial charge in [-0.2, -0.15) is 0 Å². The summed E-state index contributed by atoms with van der Waals surface area (Å²) in [5.41, 5.74) is 0.790. The molecule has 0 N–H and O–H groups in total. The van der Waals surface area contributed by atoms with Crippen LogP contribution in [0.15, 0.2) is 0 Å². The summed E-state index contributed by atoms with van der Waals surface area (Å²) >= 11 is 0. The Labute approximate surface area is 90.5 Å². The van der Waals surface area contributed by atoms with Gasteiger partial charge in [-0.15, -0.1) is 0 Å². The van der Waals surface area contributed by atoms with Crippen molar-refractivity contribution in [2.45, 2.75) is 78.6 Å². The van der Waals surface area contributed by atoms with Crippen molar-refractivity contribution >= 4 is 0 Å². The fourth-order valence-electron chi connectivity index (χ4n) is 2.10. The zero-order valence-electron chi connectivity index (χ0n) is 10.4. The van der Waals surface area contributed by atoms with Gasteiger partial charge in [-0.05, 0) is 30.6 Å². The quantitative estimate of drug-likeness (QED) is 0.470. The largest absolute Gasteiger partial charge is 0.0628 e. The third-order valence-electron chi connectivity index (χ3n) is 3.67. The van der Waals surface area contributed by atoms with Crippen LogP contribution in [0.3, 0.4) is 0 Å². The summed E-state index contributed by atoms with van der Waals surface area (Å²) in [5, 5.41) is 0. The van der Waals surface area contributed by atoms with Crippen molar-refractivity contribution in [1.82, 2.24) is 0 Å². The number of hydrogen-bond donors (Lipinski definition) is 0. The van der Waals surface area contributed by atoms with E-state index in [2.05, 4.69) is 20.8 Å². The molecule has 0 heterocycles. The second kappa shape index (κ2) is 5.78. The summed E-state index contributed by atoms with van der Waals surface area (Å²) in [6.45, 7) is 7.10. The molecule has 0 heteroatoms. The molecule has 84 valence electrons. The van der Waals surface area contributed by atoms with Crippen LogP contribution in [0.5, 0.6) is 0 Å². The lowest BCUT2D eigenvalue weighted by Crippen LogP contribution is -1.92. The topological polar surface area (TPSA) is 0 Å². The highest BCUT2D eigenvalue weighted by Crippen LogP contribution is 2.49. The van der Waals surface area contributed by atoms with Crippen molar-refractivity contribution in [3.8, 4) is 0 Å². The van der Waals surface area contributed by atoms with E-state index in [0.29, 0.717) is 0 Å². The first-order valence-corrected chi connectivity index (χ1v) is 6.62. The Bertz CT molecular complexity index is 142. The molecular weight excluding hydrogens is 168 g/mol.